The summed E-state index contributed by atoms with van der Waals surface area (Å²) >= 11 is 1.32. The van der Waals surface area contributed by atoms with Crippen molar-refractivity contribution in [2.24, 2.45) is 0 Å². The quantitative estimate of drug-likeness (QED) is 0.368. The maximum absolute atomic E-state index is 12.9. The Morgan fingerprint density at radius 2 is 1.82 bits per heavy atom. The molecule has 1 amide bonds. The van der Waals surface area contributed by atoms with Gasteiger partial charge in [0.15, 0.2) is 22.5 Å². The molecule has 33 heavy (non-hydrogen) atoms. The molecule has 4 aromatic rings. The first-order valence-corrected chi connectivity index (χ1v) is 11.1. The molecule has 1 unspecified atom stereocenters. The van der Waals surface area contributed by atoms with Gasteiger partial charge in [0.1, 0.15) is 5.76 Å². The smallest absolute Gasteiger partial charge is 0.237 e. The topological polar surface area (TPSA) is 91.4 Å². The Morgan fingerprint density at radius 1 is 1.06 bits per heavy atom. The van der Waals surface area contributed by atoms with Gasteiger partial charge in [0.2, 0.25) is 5.91 Å². The summed E-state index contributed by atoms with van der Waals surface area (Å²) in [7, 11) is 3.12. The number of aromatic nitrogens is 3. The van der Waals surface area contributed by atoms with Crippen molar-refractivity contribution in [2.75, 3.05) is 19.5 Å². The van der Waals surface area contributed by atoms with Gasteiger partial charge in [-0.3, -0.25) is 9.36 Å². The van der Waals surface area contributed by atoms with E-state index in [0.29, 0.717) is 28.2 Å². The van der Waals surface area contributed by atoms with Gasteiger partial charge >= 0.3 is 0 Å². The Labute approximate surface area is 195 Å². The van der Waals surface area contributed by atoms with Crippen LogP contribution in [-0.4, -0.2) is 40.1 Å². The number of nitrogens with one attached hydrogen (secondary N) is 1. The predicted molar refractivity (Wildman–Crippen MR) is 127 cm³/mol. The van der Waals surface area contributed by atoms with Crippen LogP contribution in [0.4, 0.5) is 5.69 Å². The van der Waals surface area contributed by atoms with Crippen LogP contribution in [0.3, 0.4) is 0 Å². The first-order chi connectivity index (χ1) is 16.0. The standard InChI is InChI=1S/C24H24N4O4S/c1-15-19(12-13-32-15)22-26-27-24(28(22)18-8-6-5-7-9-18)33-16(2)23(29)25-17-10-11-20(30-3)21(14-17)31-4/h5-14,16H,1-4H3,(H,25,29). The number of rotatable bonds is 8. The van der Waals surface area contributed by atoms with Crippen LogP contribution in [0.2, 0.25) is 0 Å². The highest BCUT2D eigenvalue weighted by Crippen LogP contribution is 2.33. The molecule has 1 N–H and O–H groups in total. The summed E-state index contributed by atoms with van der Waals surface area (Å²) in [5.41, 5.74) is 2.36. The lowest BCUT2D eigenvalue weighted by Crippen LogP contribution is -2.23. The molecule has 8 nitrogen and oxygen atoms in total. The van der Waals surface area contributed by atoms with Crippen LogP contribution in [-0.2, 0) is 4.79 Å². The van der Waals surface area contributed by atoms with Crippen molar-refractivity contribution in [1.29, 1.82) is 0 Å². The van der Waals surface area contributed by atoms with Crippen molar-refractivity contribution in [1.82, 2.24) is 14.8 Å². The second-order valence-corrected chi connectivity index (χ2v) is 8.49. The number of aryl methyl sites for hydroxylation is 1. The largest absolute Gasteiger partial charge is 0.493 e. The van der Waals surface area contributed by atoms with Crippen molar-refractivity contribution >= 4 is 23.4 Å². The zero-order valence-corrected chi connectivity index (χ0v) is 19.6. The van der Waals surface area contributed by atoms with E-state index in [9.17, 15) is 4.79 Å². The number of hydrogen-bond donors (Lipinski definition) is 1. The maximum atomic E-state index is 12.9. The van der Waals surface area contributed by atoms with E-state index in [1.54, 1.807) is 38.7 Å². The van der Waals surface area contributed by atoms with Gasteiger partial charge in [-0.25, -0.2) is 0 Å². The van der Waals surface area contributed by atoms with Crippen molar-refractivity contribution in [3.8, 4) is 28.6 Å². The number of carbonyl (C=O) groups is 1. The van der Waals surface area contributed by atoms with Crippen LogP contribution in [0.1, 0.15) is 12.7 Å². The molecule has 0 bridgehead atoms. The number of anilines is 1. The first kappa shape index (κ1) is 22.5. The van der Waals surface area contributed by atoms with Gasteiger partial charge in [0, 0.05) is 17.4 Å². The van der Waals surface area contributed by atoms with Crippen molar-refractivity contribution in [2.45, 2.75) is 24.3 Å². The van der Waals surface area contributed by atoms with Gasteiger partial charge in [-0.05, 0) is 44.2 Å². The Kier molecular flexibility index (Phi) is 6.69. The van der Waals surface area contributed by atoms with E-state index in [1.165, 1.54) is 11.8 Å². The van der Waals surface area contributed by atoms with Gasteiger partial charge in [0.05, 0.1) is 31.3 Å². The van der Waals surface area contributed by atoms with E-state index < -0.39 is 5.25 Å². The molecule has 0 aliphatic heterocycles. The van der Waals surface area contributed by atoms with E-state index in [4.69, 9.17) is 13.9 Å². The van der Waals surface area contributed by atoms with Crippen LogP contribution in [0.15, 0.2) is 70.4 Å². The second-order valence-electron chi connectivity index (χ2n) is 7.19. The fourth-order valence-corrected chi connectivity index (χ4v) is 4.18. The summed E-state index contributed by atoms with van der Waals surface area (Å²) in [6, 6.07) is 16.9. The first-order valence-electron chi connectivity index (χ1n) is 10.3. The van der Waals surface area contributed by atoms with Crippen LogP contribution in [0.5, 0.6) is 11.5 Å². The Hall–Kier alpha value is -3.72. The highest BCUT2D eigenvalue weighted by atomic mass is 32.2. The molecule has 0 spiro atoms. The molecule has 2 aromatic heterocycles. The molecule has 4 rings (SSSR count). The maximum Gasteiger partial charge on any atom is 0.237 e. The fourth-order valence-electron chi connectivity index (χ4n) is 3.32. The summed E-state index contributed by atoms with van der Waals surface area (Å²) in [6.07, 6.45) is 1.63. The number of hydrogen-bond acceptors (Lipinski definition) is 7. The molecule has 0 fully saturated rings. The Bertz CT molecular complexity index is 1250. The SMILES string of the molecule is COc1ccc(NC(=O)C(C)Sc2nnc(-c3ccoc3C)n2-c2ccccc2)cc1OC. The van der Waals surface area contributed by atoms with Crippen LogP contribution in [0.25, 0.3) is 17.1 Å². The van der Waals surface area contributed by atoms with E-state index >= 15 is 0 Å². The molecule has 9 heteroatoms. The zero-order valence-electron chi connectivity index (χ0n) is 18.7. The van der Waals surface area contributed by atoms with Crippen LogP contribution < -0.4 is 14.8 Å². The zero-order chi connectivity index (χ0) is 23.4. The number of nitrogens with zero attached hydrogens (tertiary/aromatic N) is 3. The lowest BCUT2D eigenvalue weighted by atomic mass is 10.2. The molecule has 1 atom stereocenters. The van der Waals surface area contributed by atoms with Crippen LogP contribution in [0, 0.1) is 6.92 Å². The molecule has 2 heterocycles. The number of thioether (sulfide) groups is 1. The second kappa shape index (κ2) is 9.83. The molecular weight excluding hydrogens is 440 g/mol. The number of amides is 1. The number of furan rings is 1. The number of ether oxygens (including phenoxy) is 2. The van der Waals surface area contributed by atoms with Crippen LogP contribution >= 0.6 is 11.8 Å². The van der Waals surface area contributed by atoms with Gasteiger partial charge in [-0.1, -0.05) is 30.0 Å². The van der Waals surface area contributed by atoms with Gasteiger partial charge in [-0.2, -0.15) is 0 Å². The molecule has 0 saturated heterocycles. The van der Waals surface area contributed by atoms with Gasteiger partial charge < -0.3 is 19.2 Å². The predicted octanol–water partition coefficient (Wildman–Crippen LogP) is 4.97. The minimum atomic E-state index is -0.442. The number of carbonyl (C=O) groups excluding carboxylic acids is 1. The molecule has 0 radical (unpaired) electrons. The van der Waals surface area contributed by atoms with Crippen molar-refractivity contribution in [3.05, 3.63) is 66.6 Å². The highest BCUT2D eigenvalue weighted by molar-refractivity contribution is 8.00. The van der Waals surface area contributed by atoms with E-state index in [2.05, 4.69) is 15.5 Å². The minimum absolute atomic E-state index is 0.170. The fraction of sp³-hybridized carbons (Fsp3) is 0.208. The summed E-state index contributed by atoms with van der Waals surface area (Å²) in [4.78, 5) is 12.9. The molecule has 0 aliphatic rings. The Morgan fingerprint density at radius 3 is 2.48 bits per heavy atom. The lowest BCUT2D eigenvalue weighted by Gasteiger charge is -2.15. The molecule has 2 aromatic carbocycles. The molecule has 0 aliphatic carbocycles. The average molecular weight is 465 g/mol. The third-order valence-electron chi connectivity index (χ3n) is 5.05. The summed E-state index contributed by atoms with van der Waals surface area (Å²) in [5.74, 6) is 2.37. The normalized spacial score (nSPS) is 11.8. The van der Waals surface area contributed by atoms with Crippen molar-refractivity contribution in [3.63, 3.8) is 0 Å². The number of methoxy groups -OCH3 is 2. The number of para-hydroxylation sites is 1. The molecular formula is C24H24N4O4S. The minimum Gasteiger partial charge on any atom is -0.493 e. The molecule has 170 valence electrons. The molecule has 0 saturated carbocycles. The van der Waals surface area contributed by atoms with Crippen molar-refractivity contribution < 1.29 is 18.7 Å². The summed E-state index contributed by atoms with van der Waals surface area (Å²) in [5, 5.41) is 11.9. The highest BCUT2D eigenvalue weighted by Gasteiger charge is 2.23. The number of benzene rings is 2. The van der Waals surface area contributed by atoms with E-state index in [0.717, 1.165) is 17.0 Å². The third kappa shape index (κ3) is 4.73. The van der Waals surface area contributed by atoms with E-state index in [1.807, 2.05) is 54.8 Å². The lowest BCUT2D eigenvalue weighted by molar-refractivity contribution is -0.115. The van der Waals surface area contributed by atoms with Gasteiger partial charge in [-0.15, -0.1) is 10.2 Å². The summed E-state index contributed by atoms with van der Waals surface area (Å²) in [6.45, 7) is 3.71. The summed E-state index contributed by atoms with van der Waals surface area (Å²) < 4.78 is 18.0. The average Bonchev–Trinajstić information content (AvgIpc) is 3.44. The monoisotopic (exact) mass is 464 g/mol. The third-order valence-corrected chi connectivity index (χ3v) is 6.09. The Balaban J connectivity index is 1.59. The van der Waals surface area contributed by atoms with Gasteiger partial charge in [0.25, 0.3) is 0 Å². The van der Waals surface area contributed by atoms with E-state index in [-0.39, 0.29) is 5.91 Å².